The number of anilines is 2. The van der Waals surface area contributed by atoms with E-state index >= 15 is 0 Å². The van der Waals surface area contributed by atoms with E-state index in [0.29, 0.717) is 12.4 Å². The summed E-state index contributed by atoms with van der Waals surface area (Å²) in [5, 5.41) is 2.88. The maximum atomic E-state index is 12.1. The van der Waals surface area contributed by atoms with E-state index < -0.39 is 0 Å². The molecule has 0 saturated heterocycles. The summed E-state index contributed by atoms with van der Waals surface area (Å²) in [4.78, 5) is 19.0. The molecule has 24 heavy (non-hydrogen) atoms. The molecule has 3 rings (SSSR count). The smallest absolute Gasteiger partial charge is 0.228 e. The molecule has 0 bridgehead atoms. The summed E-state index contributed by atoms with van der Waals surface area (Å²) in [5.74, 6) is 1.08. The Hall–Kier alpha value is -3.28. The number of nitrogens with zero attached hydrogens (tertiary/aromatic N) is 1. The van der Waals surface area contributed by atoms with Crippen molar-refractivity contribution in [1.29, 1.82) is 0 Å². The number of amides is 1. The molecule has 0 atom stereocenters. The number of imidazole rings is 1. The van der Waals surface area contributed by atoms with Crippen molar-refractivity contribution < 1.29 is 9.53 Å². The molecule has 0 aliphatic rings. The first-order valence-corrected chi connectivity index (χ1v) is 7.48. The van der Waals surface area contributed by atoms with Crippen LogP contribution in [0.1, 0.15) is 5.56 Å². The van der Waals surface area contributed by atoms with E-state index in [4.69, 9.17) is 10.5 Å². The van der Waals surface area contributed by atoms with Crippen LogP contribution in [0.15, 0.2) is 54.7 Å². The van der Waals surface area contributed by atoms with Crippen molar-refractivity contribution in [2.24, 2.45) is 0 Å². The summed E-state index contributed by atoms with van der Waals surface area (Å²) in [6.45, 7) is 0. The van der Waals surface area contributed by atoms with E-state index in [0.717, 1.165) is 28.3 Å². The zero-order valence-electron chi connectivity index (χ0n) is 13.2. The van der Waals surface area contributed by atoms with E-state index in [9.17, 15) is 4.79 Å². The van der Waals surface area contributed by atoms with Crippen molar-refractivity contribution in [1.82, 2.24) is 9.97 Å². The number of nitrogens with two attached hydrogens (primary N) is 1. The van der Waals surface area contributed by atoms with Gasteiger partial charge in [0.15, 0.2) is 5.95 Å². The predicted octanol–water partition coefficient (Wildman–Crippen LogP) is 2.85. The first-order chi connectivity index (χ1) is 11.6. The van der Waals surface area contributed by atoms with Gasteiger partial charge in [0.2, 0.25) is 5.91 Å². The lowest BCUT2D eigenvalue weighted by Crippen LogP contribution is -2.14. The molecule has 0 saturated carbocycles. The molecule has 122 valence electrons. The molecule has 3 aromatic rings. The Bertz CT molecular complexity index is 823. The Kier molecular flexibility index (Phi) is 4.47. The van der Waals surface area contributed by atoms with Crippen molar-refractivity contribution in [3.8, 4) is 17.0 Å². The minimum atomic E-state index is -0.0706. The molecule has 1 heterocycles. The topological polar surface area (TPSA) is 93.0 Å². The number of aromatic nitrogens is 2. The van der Waals surface area contributed by atoms with Gasteiger partial charge in [0.1, 0.15) is 5.75 Å². The zero-order valence-corrected chi connectivity index (χ0v) is 13.2. The number of hydrogen-bond acceptors (Lipinski definition) is 4. The van der Waals surface area contributed by atoms with Crippen molar-refractivity contribution in [2.75, 3.05) is 18.2 Å². The third-order valence-corrected chi connectivity index (χ3v) is 3.60. The molecular formula is C18H18N4O2. The summed E-state index contributed by atoms with van der Waals surface area (Å²) in [7, 11) is 1.61. The van der Waals surface area contributed by atoms with E-state index in [2.05, 4.69) is 15.3 Å². The summed E-state index contributed by atoms with van der Waals surface area (Å²) in [6.07, 6.45) is 1.98. The molecular weight excluding hydrogens is 304 g/mol. The third kappa shape index (κ3) is 3.73. The number of carbonyl (C=O) groups is 1. The number of aromatic amines is 1. The fourth-order valence-corrected chi connectivity index (χ4v) is 2.35. The van der Waals surface area contributed by atoms with Gasteiger partial charge in [-0.05, 0) is 35.4 Å². The molecule has 2 aromatic carbocycles. The molecule has 6 heteroatoms. The highest BCUT2D eigenvalue weighted by molar-refractivity contribution is 5.92. The number of nitrogen functional groups attached to an aromatic ring is 1. The Labute approximate surface area is 139 Å². The monoisotopic (exact) mass is 322 g/mol. The lowest BCUT2D eigenvalue weighted by Gasteiger charge is -2.07. The molecule has 1 aromatic heterocycles. The van der Waals surface area contributed by atoms with Crippen LogP contribution in [0.5, 0.6) is 5.75 Å². The van der Waals surface area contributed by atoms with Crippen LogP contribution >= 0.6 is 0 Å². The molecule has 1 amide bonds. The molecule has 0 radical (unpaired) electrons. The molecule has 0 unspecified atom stereocenters. The van der Waals surface area contributed by atoms with Gasteiger partial charge in [-0.15, -0.1) is 0 Å². The third-order valence-electron chi connectivity index (χ3n) is 3.60. The van der Waals surface area contributed by atoms with Crippen molar-refractivity contribution >= 4 is 17.5 Å². The van der Waals surface area contributed by atoms with Crippen LogP contribution in [0.2, 0.25) is 0 Å². The molecule has 0 fully saturated rings. The SMILES string of the molecule is COc1ccc(CC(=O)Nc2ccc(-c3cnc(N)[nH]3)cc2)cc1. The van der Waals surface area contributed by atoms with Crippen molar-refractivity contribution in [3.05, 3.63) is 60.3 Å². The van der Waals surface area contributed by atoms with Gasteiger partial charge in [0.25, 0.3) is 0 Å². The zero-order chi connectivity index (χ0) is 16.9. The van der Waals surface area contributed by atoms with Crippen molar-refractivity contribution in [2.45, 2.75) is 6.42 Å². The molecule has 4 N–H and O–H groups in total. The average Bonchev–Trinajstić information content (AvgIpc) is 3.02. The Morgan fingerprint density at radius 2 is 1.88 bits per heavy atom. The minimum Gasteiger partial charge on any atom is -0.497 e. The molecule has 0 aliphatic heterocycles. The standard InChI is InChI=1S/C18H18N4O2/c1-24-15-8-2-12(3-9-15)10-17(23)21-14-6-4-13(5-7-14)16-11-20-18(19)22-16/h2-9,11H,10H2,1H3,(H,21,23)(H3,19,20,22). The van der Waals surface area contributed by atoms with Crippen molar-refractivity contribution in [3.63, 3.8) is 0 Å². The number of rotatable bonds is 5. The van der Waals surface area contributed by atoms with Crippen LogP contribution in [0.25, 0.3) is 11.3 Å². The lowest BCUT2D eigenvalue weighted by atomic mass is 10.1. The fourth-order valence-electron chi connectivity index (χ4n) is 2.35. The summed E-state index contributed by atoms with van der Waals surface area (Å²) in [6, 6.07) is 14.9. The number of methoxy groups -OCH3 is 1. The normalized spacial score (nSPS) is 10.4. The number of H-pyrrole nitrogens is 1. The summed E-state index contributed by atoms with van der Waals surface area (Å²) < 4.78 is 5.10. The summed E-state index contributed by atoms with van der Waals surface area (Å²) >= 11 is 0. The van der Waals surface area contributed by atoms with Gasteiger partial charge in [0, 0.05) is 5.69 Å². The molecule has 0 aliphatic carbocycles. The number of benzene rings is 2. The van der Waals surface area contributed by atoms with Gasteiger partial charge < -0.3 is 20.8 Å². The lowest BCUT2D eigenvalue weighted by molar-refractivity contribution is -0.115. The second kappa shape index (κ2) is 6.87. The van der Waals surface area contributed by atoms with Gasteiger partial charge in [-0.2, -0.15) is 0 Å². The van der Waals surface area contributed by atoms with Gasteiger partial charge >= 0.3 is 0 Å². The van der Waals surface area contributed by atoms with E-state index in [1.165, 1.54) is 0 Å². The Morgan fingerprint density at radius 1 is 1.17 bits per heavy atom. The fraction of sp³-hybridized carbons (Fsp3) is 0.111. The largest absolute Gasteiger partial charge is 0.497 e. The highest BCUT2D eigenvalue weighted by Gasteiger charge is 2.06. The highest BCUT2D eigenvalue weighted by Crippen LogP contribution is 2.20. The molecule has 6 nitrogen and oxygen atoms in total. The second-order valence-electron chi connectivity index (χ2n) is 5.33. The van der Waals surface area contributed by atoms with Crippen LogP contribution in [-0.4, -0.2) is 23.0 Å². The van der Waals surface area contributed by atoms with Gasteiger partial charge in [0.05, 0.1) is 25.4 Å². The number of hydrogen-bond donors (Lipinski definition) is 3. The van der Waals surface area contributed by atoms with Crippen LogP contribution in [0.3, 0.4) is 0 Å². The molecule has 0 spiro atoms. The average molecular weight is 322 g/mol. The first kappa shape index (κ1) is 15.6. The van der Waals surface area contributed by atoms with Gasteiger partial charge in [-0.3, -0.25) is 4.79 Å². The van der Waals surface area contributed by atoms with E-state index in [1.807, 2.05) is 48.5 Å². The van der Waals surface area contributed by atoms with Gasteiger partial charge in [-0.25, -0.2) is 4.98 Å². The minimum absolute atomic E-state index is 0.0706. The second-order valence-corrected chi connectivity index (χ2v) is 5.33. The van der Waals surface area contributed by atoms with Gasteiger partial charge in [-0.1, -0.05) is 24.3 Å². The Morgan fingerprint density at radius 3 is 2.46 bits per heavy atom. The van der Waals surface area contributed by atoms with Crippen LogP contribution in [-0.2, 0) is 11.2 Å². The Balaban J connectivity index is 1.61. The number of carbonyl (C=O) groups excluding carboxylic acids is 1. The maximum absolute atomic E-state index is 12.1. The van der Waals surface area contributed by atoms with E-state index in [1.54, 1.807) is 13.3 Å². The predicted molar refractivity (Wildman–Crippen MR) is 93.8 cm³/mol. The highest BCUT2D eigenvalue weighted by atomic mass is 16.5. The number of nitrogens with one attached hydrogen (secondary N) is 2. The summed E-state index contributed by atoms with van der Waals surface area (Å²) in [5.41, 5.74) is 9.03. The van der Waals surface area contributed by atoms with Crippen LogP contribution in [0.4, 0.5) is 11.6 Å². The maximum Gasteiger partial charge on any atom is 0.228 e. The van der Waals surface area contributed by atoms with E-state index in [-0.39, 0.29) is 5.91 Å². The first-order valence-electron chi connectivity index (χ1n) is 7.48. The number of ether oxygens (including phenoxy) is 1. The van der Waals surface area contributed by atoms with Crippen LogP contribution in [0, 0.1) is 0 Å². The van der Waals surface area contributed by atoms with Crippen LogP contribution < -0.4 is 15.8 Å². The quantitative estimate of drug-likeness (QED) is 0.673.